The van der Waals surface area contributed by atoms with E-state index in [4.69, 9.17) is 4.99 Å². The molecule has 0 spiro atoms. The number of imidazole rings is 1. The fourth-order valence-electron chi connectivity index (χ4n) is 4.43. The van der Waals surface area contributed by atoms with Crippen molar-refractivity contribution in [3.05, 3.63) is 42.6 Å². The van der Waals surface area contributed by atoms with Gasteiger partial charge in [-0.1, -0.05) is 25.3 Å². The van der Waals surface area contributed by atoms with Crippen molar-refractivity contribution in [3.8, 4) is 5.82 Å². The van der Waals surface area contributed by atoms with Crippen LogP contribution in [0.5, 0.6) is 0 Å². The van der Waals surface area contributed by atoms with E-state index in [0.717, 1.165) is 56.2 Å². The zero-order valence-electron chi connectivity index (χ0n) is 18.3. The van der Waals surface area contributed by atoms with E-state index in [2.05, 4.69) is 32.4 Å². The van der Waals surface area contributed by atoms with Crippen LogP contribution in [0.25, 0.3) is 5.82 Å². The fraction of sp³-hybridized carbons (Fsp3) is 0.565. The lowest BCUT2D eigenvalue weighted by Crippen LogP contribution is -2.45. The zero-order chi connectivity index (χ0) is 21.5. The van der Waals surface area contributed by atoms with E-state index in [1.807, 2.05) is 29.1 Å². The number of likely N-dealkylation sites (tertiary alicyclic amines) is 1. The molecule has 166 valence electrons. The number of carbonyl (C=O) groups is 1. The van der Waals surface area contributed by atoms with Crippen LogP contribution in [-0.2, 0) is 11.3 Å². The van der Waals surface area contributed by atoms with Gasteiger partial charge in [0.1, 0.15) is 12.1 Å². The molecule has 0 radical (unpaired) electrons. The van der Waals surface area contributed by atoms with Crippen LogP contribution in [0, 0.1) is 5.92 Å². The summed E-state index contributed by atoms with van der Waals surface area (Å²) >= 11 is 0. The number of aliphatic imine (C=N–C) groups is 1. The Morgan fingerprint density at radius 2 is 2.10 bits per heavy atom. The fourth-order valence-corrected chi connectivity index (χ4v) is 4.43. The van der Waals surface area contributed by atoms with Gasteiger partial charge in [-0.2, -0.15) is 0 Å². The van der Waals surface area contributed by atoms with Gasteiger partial charge in [-0.3, -0.25) is 9.36 Å². The first-order chi connectivity index (χ1) is 15.2. The van der Waals surface area contributed by atoms with Crippen molar-refractivity contribution in [1.82, 2.24) is 30.1 Å². The Bertz CT molecular complexity index is 857. The topological polar surface area (TPSA) is 87.4 Å². The molecule has 8 heteroatoms. The predicted octanol–water partition coefficient (Wildman–Crippen LogP) is 2.50. The molecule has 4 rings (SSSR count). The van der Waals surface area contributed by atoms with Crippen molar-refractivity contribution in [2.45, 2.75) is 58.0 Å². The molecule has 1 aliphatic heterocycles. The van der Waals surface area contributed by atoms with Gasteiger partial charge in [-0.25, -0.2) is 15.0 Å². The first-order valence-electron chi connectivity index (χ1n) is 11.5. The molecule has 1 amide bonds. The number of nitrogens with zero attached hydrogens (tertiary/aromatic N) is 5. The van der Waals surface area contributed by atoms with Gasteiger partial charge in [0.25, 0.3) is 0 Å². The number of rotatable bonds is 6. The maximum absolute atomic E-state index is 12.8. The molecule has 1 unspecified atom stereocenters. The molecule has 0 bridgehead atoms. The molecule has 2 fully saturated rings. The number of hydrogen-bond acceptors (Lipinski definition) is 4. The Balaban J connectivity index is 1.31. The first kappa shape index (κ1) is 21.3. The highest BCUT2D eigenvalue weighted by molar-refractivity contribution is 5.81. The van der Waals surface area contributed by atoms with E-state index in [-0.39, 0.29) is 12.0 Å². The van der Waals surface area contributed by atoms with Gasteiger partial charge < -0.3 is 15.5 Å². The second-order valence-electron chi connectivity index (χ2n) is 8.44. The molecule has 2 aromatic rings. The van der Waals surface area contributed by atoms with Crippen molar-refractivity contribution in [2.75, 3.05) is 19.6 Å². The lowest BCUT2D eigenvalue weighted by atomic mass is 9.88. The van der Waals surface area contributed by atoms with Crippen LogP contribution < -0.4 is 10.6 Å². The number of nitrogens with one attached hydrogen (secondary N) is 2. The molecular weight excluding hydrogens is 390 g/mol. The lowest BCUT2D eigenvalue weighted by Gasteiger charge is -2.26. The summed E-state index contributed by atoms with van der Waals surface area (Å²) in [6, 6.07) is 4.25. The number of aromatic nitrogens is 3. The van der Waals surface area contributed by atoms with E-state index in [0.29, 0.717) is 12.5 Å². The van der Waals surface area contributed by atoms with E-state index in [1.54, 1.807) is 12.5 Å². The molecule has 8 nitrogen and oxygen atoms in total. The Hall–Kier alpha value is -2.90. The van der Waals surface area contributed by atoms with Crippen molar-refractivity contribution >= 4 is 11.9 Å². The highest BCUT2D eigenvalue weighted by atomic mass is 16.2. The summed E-state index contributed by atoms with van der Waals surface area (Å²) in [6.07, 6.45) is 13.9. The molecule has 0 aromatic carbocycles. The van der Waals surface area contributed by atoms with Crippen LogP contribution in [0.4, 0.5) is 0 Å². The lowest BCUT2D eigenvalue weighted by molar-refractivity contribution is -0.135. The molecule has 2 aliphatic rings. The van der Waals surface area contributed by atoms with E-state index >= 15 is 0 Å². The summed E-state index contributed by atoms with van der Waals surface area (Å²) in [4.78, 5) is 28.1. The molecule has 1 aliphatic carbocycles. The molecule has 1 saturated heterocycles. The van der Waals surface area contributed by atoms with Crippen LogP contribution in [0.1, 0.15) is 51.0 Å². The Morgan fingerprint density at radius 3 is 2.81 bits per heavy atom. The van der Waals surface area contributed by atoms with Crippen LogP contribution in [-0.4, -0.2) is 57.0 Å². The second kappa shape index (κ2) is 10.4. The van der Waals surface area contributed by atoms with E-state index in [1.165, 1.54) is 19.3 Å². The first-order valence-corrected chi connectivity index (χ1v) is 11.5. The molecule has 3 heterocycles. The summed E-state index contributed by atoms with van der Waals surface area (Å²) in [7, 11) is 0. The third kappa shape index (κ3) is 5.62. The predicted molar refractivity (Wildman–Crippen MR) is 121 cm³/mol. The Kier molecular flexibility index (Phi) is 7.17. The molecule has 2 aromatic heterocycles. The summed E-state index contributed by atoms with van der Waals surface area (Å²) < 4.78 is 1.87. The number of carbonyl (C=O) groups excluding carboxylic acids is 1. The van der Waals surface area contributed by atoms with Crippen LogP contribution in [0.3, 0.4) is 0 Å². The number of guanidine groups is 1. The van der Waals surface area contributed by atoms with Gasteiger partial charge >= 0.3 is 0 Å². The van der Waals surface area contributed by atoms with Crippen LogP contribution in [0.15, 0.2) is 42.0 Å². The Morgan fingerprint density at radius 1 is 1.23 bits per heavy atom. The quantitative estimate of drug-likeness (QED) is 0.551. The van der Waals surface area contributed by atoms with Gasteiger partial charge in [-0.05, 0) is 37.8 Å². The molecule has 2 N–H and O–H groups in total. The van der Waals surface area contributed by atoms with Gasteiger partial charge in [0.05, 0.1) is 6.54 Å². The minimum atomic E-state index is 0.243. The summed E-state index contributed by atoms with van der Waals surface area (Å²) in [6.45, 7) is 5.00. The zero-order valence-corrected chi connectivity index (χ0v) is 18.3. The minimum absolute atomic E-state index is 0.243. The minimum Gasteiger partial charge on any atom is -0.357 e. The highest BCUT2D eigenvalue weighted by Crippen LogP contribution is 2.26. The number of pyridine rings is 1. The standard InChI is InChI=1S/C23H33N7O/c1-2-25-23(27-15-18-8-9-21(26-14-18)30-13-11-24-17-30)28-20-10-12-29(16-20)22(31)19-6-4-3-5-7-19/h8-9,11,13-14,17,19-20H,2-7,10,12,15-16H2,1H3,(H2,25,27,28). The van der Waals surface area contributed by atoms with Gasteiger partial charge in [0.15, 0.2) is 5.96 Å². The van der Waals surface area contributed by atoms with Gasteiger partial charge in [-0.15, -0.1) is 0 Å². The maximum Gasteiger partial charge on any atom is 0.225 e. The Labute approximate surface area is 184 Å². The third-order valence-electron chi connectivity index (χ3n) is 6.14. The van der Waals surface area contributed by atoms with Crippen LogP contribution in [0.2, 0.25) is 0 Å². The molecule has 31 heavy (non-hydrogen) atoms. The second-order valence-corrected chi connectivity index (χ2v) is 8.44. The average molecular weight is 424 g/mol. The molecule has 1 saturated carbocycles. The SMILES string of the molecule is CCNC(=NCc1ccc(-n2ccnc2)nc1)NC1CCN(C(=O)C2CCCCC2)C1. The maximum atomic E-state index is 12.8. The largest absolute Gasteiger partial charge is 0.357 e. The van der Waals surface area contributed by atoms with Gasteiger partial charge in [0.2, 0.25) is 5.91 Å². The van der Waals surface area contributed by atoms with Gasteiger partial charge in [0, 0.05) is 50.2 Å². The molecular formula is C23H33N7O. The smallest absolute Gasteiger partial charge is 0.225 e. The van der Waals surface area contributed by atoms with Crippen molar-refractivity contribution in [1.29, 1.82) is 0 Å². The van der Waals surface area contributed by atoms with Crippen LogP contribution >= 0.6 is 0 Å². The summed E-state index contributed by atoms with van der Waals surface area (Å²) in [5, 5.41) is 6.84. The van der Waals surface area contributed by atoms with Crippen molar-refractivity contribution in [2.24, 2.45) is 10.9 Å². The summed E-state index contributed by atoms with van der Waals surface area (Å²) in [5.74, 6) is 2.23. The molecule has 1 atom stereocenters. The number of amides is 1. The van der Waals surface area contributed by atoms with Crippen molar-refractivity contribution in [3.63, 3.8) is 0 Å². The van der Waals surface area contributed by atoms with Crippen molar-refractivity contribution < 1.29 is 4.79 Å². The van der Waals surface area contributed by atoms with E-state index < -0.39 is 0 Å². The average Bonchev–Trinajstić information content (AvgIpc) is 3.51. The number of hydrogen-bond donors (Lipinski definition) is 2. The third-order valence-corrected chi connectivity index (χ3v) is 6.14. The summed E-state index contributed by atoms with van der Waals surface area (Å²) in [5.41, 5.74) is 1.04. The monoisotopic (exact) mass is 423 g/mol. The highest BCUT2D eigenvalue weighted by Gasteiger charge is 2.31. The normalized spacial score (nSPS) is 20.1. The van der Waals surface area contributed by atoms with E-state index in [9.17, 15) is 4.79 Å².